The number of nitrogens with two attached hydrogens (primary N) is 1. The van der Waals surface area contributed by atoms with Crippen LogP contribution in [0.4, 0.5) is 5.69 Å². The van der Waals surface area contributed by atoms with Gasteiger partial charge in [0.2, 0.25) is 5.91 Å². The molecule has 1 aromatic carbocycles. The molecule has 3 N–H and O–H groups in total. The third-order valence-corrected chi connectivity index (χ3v) is 4.17. The van der Waals surface area contributed by atoms with E-state index in [1.165, 1.54) is 0 Å². The Hall–Kier alpha value is -0.810. The highest BCUT2D eigenvalue weighted by Gasteiger charge is 2.05. The minimum absolute atomic E-state index is 0.105. The summed E-state index contributed by atoms with van der Waals surface area (Å²) in [6, 6.07) is 5.76. The van der Waals surface area contributed by atoms with Crippen molar-refractivity contribution in [3.8, 4) is 0 Å². The second kappa shape index (κ2) is 8.38. The topological polar surface area (TPSA) is 55.1 Å². The van der Waals surface area contributed by atoms with Gasteiger partial charge in [-0.25, -0.2) is 0 Å². The lowest BCUT2D eigenvalue weighted by Gasteiger charge is -2.09. The highest BCUT2D eigenvalue weighted by atomic mass is 32.2. The third-order valence-electron chi connectivity index (χ3n) is 2.67. The number of anilines is 1. The molecule has 0 heterocycles. The van der Waals surface area contributed by atoms with Crippen LogP contribution in [0, 0.1) is 0 Å². The second-order valence-corrected chi connectivity index (χ2v) is 6.79. The van der Waals surface area contributed by atoms with Crippen molar-refractivity contribution in [1.82, 2.24) is 5.32 Å². The molecule has 0 radical (unpaired) electrons. The average Bonchev–Trinajstić information content (AvgIpc) is 2.34. The van der Waals surface area contributed by atoms with Gasteiger partial charge in [0.25, 0.3) is 0 Å². The van der Waals surface area contributed by atoms with Gasteiger partial charge in [-0.15, -0.1) is 12.6 Å². The predicted octanol–water partition coefficient (Wildman–Crippen LogP) is 2.75. The van der Waals surface area contributed by atoms with Gasteiger partial charge < -0.3 is 11.1 Å². The first-order chi connectivity index (χ1) is 9.00. The van der Waals surface area contributed by atoms with Gasteiger partial charge in [0, 0.05) is 29.3 Å². The molecule has 1 amide bonds. The third kappa shape index (κ3) is 6.25. The Labute approximate surface area is 125 Å². The van der Waals surface area contributed by atoms with Crippen LogP contribution in [0.5, 0.6) is 0 Å². The number of hydrogen-bond donors (Lipinski definition) is 3. The minimum atomic E-state index is 0.105. The zero-order valence-electron chi connectivity index (χ0n) is 11.5. The molecule has 1 aromatic rings. The van der Waals surface area contributed by atoms with E-state index < -0.39 is 0 Å². The van der Waals surface area contributed by atoms with Gasteiger partial charge in [-0.2, -0.15) is 11.8 Å². The smallest absolute Gasteiger partial charge is 0.220 e. The monoisotopic (exact) mass is 298 g/mol. The van der Waals surface area contributed by atoms with Crippen molar-refractivity contribution in [2.75, 3.05) is 18.0 Å². The summed E-state index contributed by atoms with van der Waals surface area (Å²) in [6.07, 6.45) is 1.31. The number of hydrogen-bond acceptors (Lipinski definition) is 4. The molecule has 0 aromatic heterocycles. The van der Waals surface area contributed by atoms with Crippen LogP contribution in [0.3, 0.4) is 0 Å². The molecule has 0 aliphatic heterocycles. The maximum atomic E-state index is 11.6. The van der Waals surface area contributed by atoms with E-state index in [1.54, 1.807) is 11.8 Å². The number of carbonyl (C=O) groups is 1. The lowest BCUT2D eigenvalue weighted by Crippen LogP contribution is -2.26. The van der Waals surface area contributed by atoms with E-state index in [4.69, 9.17) is 5.73 Å². The molecule has 0 aliphatic carbocycles. The van der Waals surface area contributed by atoms with E-state index in [-0.39, 0.29) is 5.91 Å². The van der Waals surface area contributed by atoms with E-state index in [0.29, 0.717) is 23.9 Å². The molecule has 0 atom stereocenters. The molecule has 106 valence electrons. The first-order valence-electron chi connectivity index (χ1n) is 6.45. The van der Waals surface area contributed by atoms with E-state index >= 15 is 0 Å². The number of para-hydroxylation sites is 1. The largest absolute Gasteiger partial charge is 0.398 e. The molecular weight excluding hydrogens is 276 g/mol. The molecule has 0 unspecified atom stereocenters. The van der Waals surface area contributed by atoms with Crippen LogP contribution in [0.2, 0.25) is 0 Å². The van der Waals surface area contributed by atoms with Gasteiger partial charge in [0.05, 0.1) is 0 Å². The number of rotatable bonds is 7. The maximum Gasteiger partial charge on any atom is 0.220 e. The number of thiol groups is 1. The molecule has 1 rings (SSSR count). The van der Waals surface area contributed by atoms with Gasteiger partial charge in [0.1, 0.15) is 0 Å². The SMILES string of the molecule is CC(C)SCCC(=O)NCCc1cccc(S)c1N. The summed E-state index contributed by atoms with van der Waals surface area (Å²) in [7, 11) is 0. The first kappa shape index (κ1) is 16.2. The number of thioether (sulfide) groups is 1. The van der Waals surface area contributed by atoms with E-state index in [0.717, 1.165) is 22.6 Å². The van der Waals surface area contributed by atoms with Crippen molar-refractivity contribution in [2.45, 2.75) is 36.8 Å². The summed E-state index contributed by atoms with van der Waals surface area (Å²) in [4.78, 5) is 12.4. The van der Waals surface area contributed by atoms with Gasteiger partial charge in [-0.05, 0) is 23.3 Å². The molecule has 0 spiro atoms. The molecule has 19 heavy (non-hydrogen) atoms. The van der Waals surface area contributed by atoms with Crippen LogP contribution in [0.1, 0.15) is 25.8 Å². The average molecular weight is 298 g/mol. The van der Waals surface area contributed by atoms with Crippen LogP contribution >= 0.6 is 24.4 Å². The van der Waals surface area contributed by atoms with Crippen molar-refractivity contribution in [2.24, 2.45) is 0 Å². The van der Waals surface area contributed by atoms with E-state index in [2.05, 4.69) is 31.8 Å². The van der Waals surface area contributed by atoms with Gasteiger partial charge in [-0.3, -0.25) is 4.79 Å². The number of nitrogens with one attached hydrogen (secondary N) is 1. The van der Waals surface area contributed by atoms with E-state index in [9.17, 15) is 4.79 Å². The standard InChI is InChI=1S/C14H22N2OS2/c1-10(2)19-9-7-13(17)16-8-6-11-4-3-5-12(18)14(11)15/h3-5,10,18H,6-9,15H2,1-2H3,(H,16,17). The van der Waals surface area contributed by atoms with Crippen LogP contribution in [0.25, 0.3) is 0 Å². The molecule has 5 heteroatoms. The Kier molecular flexibility index (Phi) is 7.16. The zero-order valence-corrected chi connectivity index (χ0v) is 13.2. The molecule has 0 fully saturated rings. The van der Waals surface area contributed by atoms with Crippen LogP contribution < -0.4 is 11.1 Å². The zero-order chi connectivity index (χ0) is 14.3. The van der Waals surface area contributed by atoms with Crippen LogP contribution in [-0.4, -0.2) is 23.5 Å². The molecule has 0 aliphatic rings. The van der Waals surface area contributed by atoms with Crippen molar-refractivity contribution in [3.05, 3.63) is 23.8 Å². The van der Waals surface area contributed by atoms with Crippen LogP contribution in [-0.2, 0) is 11.2 Å². The van der Waals surface area contributed by atoms with Crippen molar-refractivity contribution in [1.29, 1.82) is 0 Å². The number of benzene rings is 1. The van der Waals surface area contributed by atoms with Gasteiger partial charge in [-0.1, -0.05) is 26.0 Å². The number of carbonyl (C=O) groups excluding carboxylic acids is 1. The Morgan fingerprint density at radius 2 is 2.21 bits per heavy atom. The number of amides is 1. The minimum Gasteiger partial charge on any atom is -0.398 e. The lowest BCUT2D eigenvalue weighted by molar-refractivity contribution is -0.120. The summed E-state index contributed by atoms with van der Waals surface area (Å²) in [6.45, 7) is 4.89. The first-order valence-corrected chi connectivity index (χ1v) is 7.95. The highest BCUT2D eigenvalue weighted by molar-refractivity contribution is 7.99. The van der Waals surface area contributed by atoms with E-state index in [1.807, 2.05) is 18.2 Å². The van der Waals surface area contributed by atoms with Crippen molar-refractivity contribution in [3.63, 3.8) is 0 Å². The normalized spacial score (nSPS) is 10.7. The Morgan fingerprint density at radius 3 is 2.89 bits per heavy atom. The molecule has 0 bridgehead atoms. The van der Waals surface area contributed by atoms with Crippen LogP contribution in [0.15, 0.2) is 23.1 Å². The fraction of sp³-hybridized carbons (Fsp3) is 0.500. The summed E-state index contributed by atoms with van der Waals surface area (Å²) < 4.78 is 0. The Bertz CT molecular complexity index is 422. The molecule has 0 saturated carbocycles. The molecule has 3 nitrogen and oxygen atoms in total. The number of nitrogen functional groups attached to an aromatic ring is 1. The molecule has 0 saturated heterocycles. The fourth-order valence-corrected chi connectivity index (χ4v) is 2.63. The molecular formula is C14H22N2OS2. The lowest BCUT2D eigenvalue weighted by atomic mass is 10.1. The Morgan fingerprint density at radius 1 is 1.47 bits per heavy atom. The summed E-state index contributed by atoms with van der Waals surface area (Å²) in [5, 5.41) is 3.49. The fourth-order valence-electron chi connectivity index (χ4n) is 1.63. The predicted molar refractivity (Wildman–Crippen MR) is 87.0 cm³/mol. The summed E-state index contributed by atoms with van der Waals surface area (Å²) in [5.41, 5.74) is 7.66. The summed E-state index contributed by atoms with van der Waals surface area (Å²) in [5.74, 6) is 0.978. The second-order valence-electron chi connectivity index (χ2n) is 4.62. The maximum absolute atomic E-state index is 11.6. The van der Waals surface area contributed by atoms with Crippen molar-refractivity contribution >= 4 is 36.0 Å². The van der Waals surface area contributed by atoms with Gasteiger partial charge in [0.15, 0.2) is 0 Å². The quantitative estimate of drug-likeness (QED) is 0.536. The van der Waals surface area contributed by atoms with Crippen molar-refractivity contribution < 1.29 is 4.79 Å². The Balaban J connectivity index is 2.26. The highest BCUT2D eigenvalue weighted by Crippen LogP contribution is 2.20. The van der Waals surface area contributed by atoms with Gasteiger partial charge >= 0.3 is 0 Å². The summed E-state index contributed by atoms with van der Waals surface area (Å²) >= 11 is 6.08.